The van der Waals surface area contributed by atoms with Crippen molar-refractivity contribution in [2.75, 3.05) is 26.4 Å². The minimum absolute atomic E-state index is 0.00593. The zero-order chi connectivity index (χ0) is 12.3. The van der Waals surface area contributed by atoms with Gasteiger partial charge in [-0.3, -0.25) is 0 Å². The molecule has 2 aliphatic heterocycles. The van der Waals surface area contributed by atoms with E-state index in [0.717, 1.165) is 12.8 Å². The molecule has 0 saturated carbocycles. The van der Waals surface area contributed by atoms with Gasteiger partial charge >= 0.3 is 0 Å². The van der Waals surface area contributed by atoms with Gasteiger partial charge in [0.15, 0.2) is 5.79 Å². The van der Waals surface area contributed by atoms with Crippen LogP contribution in [0.3, 0.4) is 0 Å². The molecule has 3 atom stereocenters. The maximum Gasteiger partial charge on any atom is 0.163 e. The van der Waals surface area contributed by atoms with Gasteiger partial charge in [-0.25, -0.2) is 0 Å². The van der Waals surface area contributed by atoms with Crippen LogP contribution in [0.25, 0.3) is 0 Å². The molecule has 0 amide bonds. The molecule has 2 heterocycles. The fraction of sp³-hybridized carbons (Fsp3) is 1.00. The van der Waals surface area contributed by atoms with Gasteiger partial charge in [-0.2, -0.15) is 0 Å². The zero-order valence-electron chi connectivity index (χ0n) is 10.6. The van der Waals surface area contributed by atoms with Crippen LogP contribution in [0.4, 0.5) is 0 Å². The van der Waals surface area contributed by atoms with E-state index in [1.165, 1.54) is 0 Å². The molecule has 2 fully saturated rings. The number of aliphatic hydroxyl groups excluding tert-OH is 1. The lowest BCUT2D eigenvalue weighted by Gasteiger charge is -2.18. The Morgan fingerprint density at radius 2 is 1.88 bits per heavy atom. The SMILES string of the molecule is CC1(C)OCC(COCC2CCC(CO)O2)O1. The number of ether oxygens (including phenoxy) is 4. The topological polar surface area (TPSA) is 57.2 Å². The highest BCUT2D eigenvalue weighted by Crippen LogP contribution is 2.23. The highest BCUT2D eigenvalue weighted by Gasteiger charge is 2.33. The third-order valence-electron chi connectivity index (χ3n) is 3.07. The molecule has 0 aromatic rings. The van der Waals surface area contributed by atoms with Crippen molar-refractivity contribution in [2.24, 2.45) is 0 Å². The smallest absolute Gasteiger partial charge is 0.163 e. The van der Waals surface area contributed by atoms with Crippen molar-refractivity contribution >= 4 is 0 Å². The van der Waals surface area contributed by atoms with E-state index in [1.54, 1.807) is 0 Å². The predicted molar refractivity (Wildman–Crippen MR) is 60.7 cm³/mol. The van der Waals surface area contributed by atoms with Gasteiger partial charge in [-0.15, -0.1) is 0 Å². The summed E-state index contributed by atoms with van der Waals surface area (Å²) in [6.07, 6.45) is 2.00. The van der Waals surface area contributed by atoms with E-state index in [0.29, 0.717) is 19.8 Å². The van der Waals surface area contributed by atoms with Crippen molar-refractivity contribution in [1.29, 1.82) is 0 Å². The molecular formula is C12H22O5. The number of rotatable bonds is 5. The lowest BCUT2D eigenvalue weighted by molar-refractivity contribution is -0.146. The molecule has 0 spiro atoms. The van der Waals surface area contributed by atoms with Crippen LogP contribution in [-0.4, -0.2) is 55.6 Å². The summed E-state index contributed by atoms with van der Waals surface area (Å²) in [5.74, 6) is -0.486. The molecule has 0 bridgehead atoms. The Morgan fingerprint density at radius 1 is 1.18 bits per heavy atom. The molecule has 0 aromatic carbocycles. The fourth-order valence-corrected chi connectivity index (χ4v) is 2.21. The molecule has 5 nitrogen and oxygen atoms in total. The van der Waals surface area contributed by atoms with Crippen LogP contribution in [0, 0.1) is 0 Å². The third kappa shape index (κ3) is 3.89. The Hall–Kier alpha value is -0.200. The summed E-state index contributed by atoms with van der Waals surface area (Å²) in [5.41, 5.74) is 0. The molecular weight excluding hydrogens is 224 g/mol. The summed E-state index contributed by atoms with van der Waals surface area (Å²) >= 11 is 0. The maximum absolute atomic E-state index is 8.94. The van der Waals surface area contributed by atoms with Gasteiger partial charge < -0.3 is 24.1 Å². The number of hydrogen-bond acceptors (Lipinski definition) is 5. The minimum atomic E-state index is -0.486. The van der Waals surface area contributed by atoms with Gasteiger partial charge in [0.25, 0.3) is 0 Å². The average Bonchev–Trinajstić information content (AvgIpc) is 2.85. The Morgan fingerprint density at radius 3 is 2.47 bits per heavy atom. The second kappa shape index (κ2) is 5.63. The fourth-order valence-electron chi connectivity index (χ4n) is 2.21. The molecule has 17 heavy (non-hydrogen) atoms. The molecule has 5 heteroatoms. The van der Waals surface area contributed by atoms with Crippen molar-refractivity contribution in [3.8, 4) is 0 Å². The van der Waals surface area contributed by atoms with Crippen molar-refractivity contribution in [1.82, 2.24) is 0 Å². The van der Waals surface area contributed by atoms with E-state index >= 15 is 0 Å². The largest absolute Gasteiger partial charge is 0.394 e. The lowest BCUT2D eigenvalue weighted by atomic mass is 10.2. The number of aliphatic hydroxyl groups is 1. The second-order valence-corrected chi connectivity index (χ2v) is 5.13. The van der Waals surface area contributed by atoms with Gasteiger partial charge in [0.1, 0.15) is 6.10 Å². The first-order valence-corrected chi connectivity index (χ1v) is 6.25. The molecule has 0 radical (unpaired) electrons. The molecule has 2 saturated heterocycles. The predicted octanol–water partition coefficient (Wildman–Crippen LogP) is 0.694. The standard InChI is InChI=1S/C12H22O5/c1-12(2)15-8-11(17-12)7-14-6-10-4-3-9(5-13)16-10/h9-11,13H,3-8H2,1-2H3. The molecule has 3 unspecified atom stereocenters. The zero-order valence-corrected chi connectivity index (χ0v) is 10.6. The van der Waals surface area contributed by atoms with E-state index in [1.807, 2.05) is 13.8 Å². The van der Waals surface area contributed by atoms with Crippen molar-refractivity contribution < 1.29 is 24.1 Å². The summed E-state index contributed by atoms with van der Waals surface area (Å²) in [6, 6.07) is 0. The summed E-state index contributed by atoms with van der Waals surface area (Å²) in [4.78, 5) is 0. The first kappa shape index (κ1) is 13.2. The monoisotopic (exact) mass is 246 g/mol. The van der Waals surface area contributed by atoms with Crippen LogP contribution in [0.2, 0.25) is 0 Å². The van der Waals surface area contributed by atoms with Gasteiger partial charge in [0.2, 0.25) is 0 Å². The first-order chi connectivity index (χ1) is 8.09. The molecule has 2 rings (SSSR count). The first-order valence-electron chi connectivity index (χ1n) is 6.25. The summed E-state index contributed by atoms with van der Waals surface area (Å²) in [5, 5.41) is 8.94. The summed E-state index contributed by atoms with van der Waals surface area (Å²) in [6.45, 7) is 5.59. The van der Waals surface area contributed by atoms with Crippen LogP contribution in [0.15, 0.2) is 0 Å². The van der Waals surface area contributed by atoms with E-state index in [2.05, 4.69) is 0 Å². The van der Waals surface area contributed by atoms with E-state index in [-0.39, 0.29) is 24.9 Å². The Balaban J connectivity index is 1.58. The Bertz CT molecular complexity index is 243. The maximum atomic E-state index is 8.94. The van der Waals surface area contributed by atoms with Gasteiger partial charge in [0.05, 0.1) is 38.6 Å². The minimum Gasteiger partial charge on any atom is -0.394 e. The van der Waals surface area contributed by atoms with Crippen LogP contribution < -0.4 is 0 Å². The summed E-state index contributed by atoms with van der Waals surface area (Å²) in [7, 11) is 0. The molecule has 2 aliphatic rings. The molecule has 1 N–H and O–H groups in total. The highest BCUT2D eigenvalue weighted by atomic mass is 16.7. The Kier molecular flexibility index (Phi) is 4.38. The quantitative estimate of drug-likeness (QED) is 0.773. The third-order valence-corrected chi connectivity index (χ3v) is 3.07. The van der Waals surface area contributed by atoms with Crippen LogP contribution in [0.1, 0.15) is 26.7 Å². The average molecular weight is 246 g/mol. The Labute approximate surface area is 102 Å². The van der Waals surface area contributed by atoms with E-state index in [4.69, 9.17) is 24.1 Å². The number of hydrogen-bond donors (Lipinski definition) is 1. The van der Waals surface area contributed by atoms with Crippen LogP contribution in [-0.2, 0) is 18.9 Å². The normalized spacial score (nSPS) is 36.5. The highest BCUT2D eigenvalue weighted by molar-refractivity contribution is 4.74. The molecule has 0 aromatic heterocycles. The van der Waals surface area contributed by atoms with Crippen molar-refractivity contribution in [3.05, 3.63) is 0 Å². The van der Waals surface area contributed by atoms with Gasteiger partial charge in [-0.1, -0.05) is 0 Å². The molecule has 100 valence electrons. The van der Waals surface area contributed by atoms with E-state index in [9.17, 15) is 0 Å². The van der Waals surface area contributed by atoms with Gasteiger partial charge in [0, 0.05) is 0 Å². The van der Waals surface area contributed by atoms with Crippen molar-refractivity contribution in [2.45, 2.75) is 50.8 Å². The van der Waals surface area contributed by atoms with E-state index < -0.39 is 5.79 Å². The second-order valence-electron chi connectivity index (χ2n) is 5.13. The molecule has 0 aliphatic carbocycles. The van der Waals surface area contributed by atoms with Crippen LogP contribution in [0.5, 0.6) is 0 Å². The van der Waals surface area contributed by atoms with Crippen molar-refractivity contribution in [3.63, 3.8) is 0 Å². The van der Waals surface area contributed by atoms with Gasteiger partial charge in [-0.05, 0) is 26.7 Å². The summed E-state index contributed by atoms with van der Waals surface area (Å²) < 4.78 is 22.2. The lowest BCUT2D eigenvalue weighted by Crippen LogP contribution is -2.26. The van der Waals surface area contributed by atoms with Crippen LogP contribution >= 0.6 is 0 Å².